The predicted molar refractivity (Wildman–Crippen MR) is 131 cm³/mol. The average Bonchev–Trinajstić information content (AvgIpc) is 3.33. The number of carbonyl (C=O) groups is 3. The summed E-state index contributed by atoms with van der Waals surface area (Å²) in [5.74, 6) is -0.869. The number of amides is 3. The van der Waals surface area contributed by atoms with Crippen LogP contribution in [-0.4, -0.2) is 40.5 Å². The fourth-order valence-electron chi connectivity index (χ4n) is 3.14. The molecule has 0 fully saturated rings. The van der Waals surface area contributed by atoms with Gasteiger partial charge in [-0.05, 0) is 37.5 Å². The molecule has 0 spiro atoms. The predicted octanol–water partition coefficient (Wildman–Crippen LogP) is 3.24. The van der Waals surface area contributed by atoms with Gasteiger partial charge in [-0.2, -0.15) is 5.10 Å². The topological polar surface area (TPSA) is 116 Å². The standard InChI is InChI=1S/C26H30N5O3/c1-17(2)13-14-27-25(33)23(16-28-24(32)20-11-9-18(3)10-12-20)29-26(34)22-15-21(30-31-22)19-7-5-4-6-8-19/h4-12,14-15,17,23H,13,16H2,1-3H3,(H,27,33)(H,28,32)(H,29,34)(H,30,31)/t23-/m0/s1. The zero-order chi connectivity index (χ0) is 24.5. The highest BCUT2D eigenvalue weighted by Gasteiger charge is 2.23. The molecular weight excluding hydrogens is 430 g/mol. The second-order valence-electron chi connectivity index (χ2n) is 8.48. The molecule has 0 unspecified atom stereocenters. The van der Waals surface area contributed by atoms with Gasteiger partial charge in [0.05, 0.1) is 5.69 Å². The lowest BCUT2D eigenvalue weighted by Crippen LogP contribution is -2.52. The average molecular weight is 461 g/mol. The van der Waals surface area contributed by atoms with Gasteiger partial charge in [0.2, 0.25) is 5.91 Å². The molecule has 0 aliphatic heterocycles. The molecule has 1 heterocycles. The van der Waals surface area contributed by atoms with Gasteiger partial charge in [-0.1, -0.05) is 61.9 Å². The van der Waals surface area contributed by atoms with Crippen molar-refractivity contribution < 1.29 is 14.4 Å². The van der Waals surface area contributed by atoms with E-state index >= 15 is 0 Å². The lowest BCUT2D eigenvalue weighted by atomic mass is 10.1. The van der Waals surface area contributed by atoms with E-state index in [4.69, 9.17) is 0 Å². The van der Waals surface area contributed by atoms with Crippen LogP contribution in [0.3, 0.4) is 0 Å². The van der Waals surface area contributed by atoms with Crippen molar-refractivity contribution in [3.05, 3.63) is 84.0 Å². The fourth-order valence-corrected chi connectivity index (χ4v) is 3.14. The number of aromatic amines is 1. The van der Waals surface area contributed by atoms with Crippen LogP contribution in [0.2, 0.25) is 0 Å². The molecular formula is C26H30N5O3. The summed E-state index contributed by atoms with van der Waals surface area (Å²) in [5.41, 5.74) is 3.21. The smallest absolute Gasteiger partial charge is 0.270 e. The van der Waals surface area contributed by atoms with Crippen molar-refractivity contribution >= 4 is 17.7 Å². The first-order valence-electron chi connectivity index (χ1n) is 11.2. The molecule has 2 aromatic carbocycles. The molecule has 177 valence electrons. The van der Waals surface area contributed by atoms with E-state index in [0.717, 1.165) is 11.1 Å². The van der Waals surface area contributed by atoms with Gasteiger partial charge in [-0.3, -0.25) is 19.5 Å². The second-order valence-corrected chi connectivity index (χ2v) is 8.48. The van der Waals surface area contributed by atoms with Crippen LogP contribution in [0.5, 0.6) is 0 Å². The largest absolute Gasteiger partial charge is 0.349 e. The van der Waals surface area contributed by atoms with Crippen molar-refractivity contribution in [1.29, 1.82) is 0 Å². The van der Waals surface area contributed by atoms with Crippen molar-refractivity contribution in [3.8, 4) is 11.3 Å². The van der Waals surface area contributed by atoms with Crippen LogP contribution in [-0.2, 0) is 4.79 Å². The molecule has 0 aliphatic carbocycles. The van der Waals surface area contributed by atoms with Crippen molar-refractivity contribution in [3.63, 3.8) is 0 Å². The van der Waals surface area contributed by atoms with Gasteiger partial charge >= 0.3 is 0 Å². The van der Waals surface area contributed by atoms with Crippen LogP contribution in [0.4, 0.5) is 0 Å². The zero-order valence-corrected chi connectivity index (χ0v) is 19.6. The van der Waals surface area contributed by atoms with E-state index in [1.54, 1.807) is 24.7 Å². The quantitative estimate of drug-likeness (QED) is 0.372. The summed E-state index contributed by atoms with van der Waals surface area (Å²) in [4.78, 5) is 38.2. The Hall–Kier alpha value is -3.94. The molecule has 3 amide bonds. The Morgan fingerprint density at radius 3 is 2.38 bits per heavy atom. The summed E-state index contributed by atoms with van der Waals surface area (Å²) in [6.45, 7) is 7.60. The van der Waals surface area contributed by atoms with E-state index in [1.165, 1.54) is 0 Å². The molecule has 0 bridgehead atoms. The monoisotopic (exact) mass is 460 g/mol. The van der Waals surface area contributed by atoms with Crippen molar-refractivity contribution in [2.24, 2.45) is 5.92 Å². The number of hydrogen-bond acceptors (Lipinski definition) is 4. The van der Waals surface area contributed by atoms with Gasteiger partial charge < -0.3 is 16.0 Å². The Bertz CT molecular complexity index is 1110. The number of aryl methyl sites for hydroxylation is 1. The molecule has 3 rings (SSSR count). The van der Waals surface area contributed by atoms with Gasteiger partial charge in [0.25, 0.3) is 11.8 Å². The van der Waals surface area contributed by atoms with Crippen molar-refractivity contribution in [1.82, 2.24) is 26.1 Å². The fraction of sp³-hybridized carbons (Fsp3) is 0.269. The number of hydrogen-bond donors (Lipinski definition) is 4. The number of rotatable bonds is 10. The first-order chi connectivity index (χ1) is 16.3. The summed E-state index contributed by atoms with van der Waals surface area (Å²) in [6.07, 6.45) is 0.684. The van der Waals surface area contributed by atoms with Gasteiger partial charge in [-0.15, -0.1) is 0 Å². The summed E-state index contributed by atoms with van der Waals surface area (Å²) in [7, 11) is 0. The highest BCUT2D eigenvalue weighted by atomic mass is 16.2. The molecule has 3 aromatic rings. The van der Waals surface area contributed by atoms with Crippen LogP contribution >= 0.6 is 0 Å². The second kappa shape index (κ2) is 11.8. The first-order valence-corrected chi connectivity index (χ1v) is 11.2. The number of nitrogens with zero attached hydrogens (tertiary/aromatic N) is 1. The number of H-pyrrole nitrogens is 1. The molecule has 8 heteroatoms. The van der Waals surface area contributed by atoms with Gasteiger partial charge in [-0.25, -0.2) is 0 Å². The number of carbonyl (C=O) groups excluding carboxylic acids is 3. The summed E-state index contributed by atoms with van der Waals surface area (Å²) in [5, 5.41) is 15.0. The minimum atomic E-state index is -0.978. The van der Waals surface area contributed by atoms with Gasteiger partial charge in [0, 0.05) is 24.2 Å². The maximum Gasteiger partial charge on any atom is 0.270 e. The van der Waals surface area contributed by atoms with E-state index in [0.29, 0.717) is 23.6 Å². The Morgan fingerprint density at radius 1 is 1.00 bits per heavy atom. The van der Waals surface area contributed by atoms with E-state index in [9.17, 15) is 14.4 Å². The highest BCUT2D eigenvalue weighted by molar-refractivity contribution is 5.98. The third-order valence-corrected chi connectivity index (χ3v) is 5.13. The van der Waals surface area contributed by atoms with Crippen LogP contribution in [0, 0.1) is 19.4 Å². The molecule has 1 aromatic heterocycles. The third kappa shape index (κ3) is 7.03. The number of nitrogens with one attached hydrogen (secondary N) is 4. The Morgan fingerprint density at radius 2 is 1.71 bits per heavy atom. The third-order valence-electron chi connectivity index (χ3n) is 5.13. The molecule has 0 saturated heterocycles. The Balaban J connectivity index is 1.67. The minimum absolute atomic E-state index is 0.0700. The molecule has 34 heavy (non-hydrogen) atoms. The maximum absolute atomic E-state index is 12.9. The lowest BCUT2D eigenvalue weighted by molar-refractivity contribution is -0.122. The first kappa shape index (κ1) is 24.7. The number of benzene rings is 2. The molecule has 4 N–H and O–H groups in total. The van der Waals surface area contributed by atoms with Crippen LogP contribution in [0.15, 0.2) is 60.7 Å². The van der Waals surface area contributed by atoms with E-state index in [-0.39, 0.29) is 18.1 Å². The summed E-state index contributed by atoms with van der Waals surface area (Å²) >= 11 is 0. The van der Waals surface area contributed by atoms with E-state index < -0.39 is 17.9 Å². The maximum atomic E-state index is 12.9. The molecule has 0 saturated carbocycles. The summed E-state index contributed by atoms with van der Waals surface area (Å²) in [6, 6.07) is 17.2. The summed E-state index contributed by atoms with van der Waals surface area (Å²) < 4.78 is 0. The van der Waals surface area contributed by atoms with Gasteiger partial charge in [0.15, 0.2) is 0 Å². The van der Waals surface area contributed by atoms with Crippen molar-refractivity contribution in [2.45, 2.75) is 33.2 Å². The van der Waals surface area contributed by atoms with Gasteiger partial charge in [0.1, 0.15) is 11.7 Å². The normalized spacial score (nSPS) is 11.6. The molecule has 0 aliphatic rings. The minimum Gasteiger partial charge on any atom is -0.349 e. The zero-order valence-electron chi connectivity index (χ0n) is 19.6. The Kier molecular flexibility index (Phi) is 8.56. The highest BCUT2D eigenvalue weighted by Crippen LogP contribution is 2.16. The number of aromatic nitrogens is 2. The van der Waals surface area contributed by atoms with E-state index in [1.807, 2.05) is 63.2 Å². The molecule has 8 nitrogen and oxygen atoms in total. The van der Waals surface area contributed by atoms with Crippen LogP contribution < -0.4 is 16.0 Å². The van der Waals surface area contributed by atoms with Crippen LogP contribution in [0.25, 0.3) is 11.3 Å². The lowest BCUT2D eigenvalue weighted by Gasteiger charge is -2.19. The SMILES string of the molecule is Cc1ccc(C(=O)NC[C@H](NC(=O)c2cc(-c3ccccc3)n[nH]2)C(=O)N[CH]CC(C)C)cc1. The van der Waals surface area contributed by atoms with Crippen molar-refractivity contribution in [2.75, 3.05) is 6.54 Å². The Labute approximate surface area is 199 Å². The molecule has 1 atom stereocenters. The van der Waals surface area contributed by atoms with E-state index in [2.05, 4.69) is 26.1 Å². The molecule has 1 radical (unpaired) electrons. The van der Waals surface area contributed by atoms with Crippen LogP contribution in [0.1, 0.15) is 46.7 Å².